The average Bonchev–Trinajstić information content (AvgIpc) is 1.96. The Labute approximate surface area is 89.1 Å². The van der Waals surface area contributed by atoms with E-state index in [4.69, 9.17) is 12.2 Å². The maximum Gasteiger partial charge on any atom is 0.00101 e. The van der Waals surface area contributed by atoms with Gasteiger partial charge in [0.25, 0.3) is 0 Å². The van der Waals surface area contributed by atoms with Crippen LogP contribution in [0.3, 0.4) is 0 Å². The minimum Gasteiger partial charge on any atom is -0.0888 e. The summed E-state index contributed by atoms with van der Waals surface area (Å²) in [6, 6.07) is 0. The van der Waals surface area contributed by atoms with E-state index in [0.717, 1.165) is 5.92 Å². The molecular weight excluding hydrogens is 176 g/mol. The van der Waals surface area contributed by atoms with Crippen LogP contribution in [0.25, 0.3) is 0 Å². The molecule has 0 saturated heterocycles. The summed E-state index contributed by atoms with van der Waals surface area (Å²) in [4.78, 5) is 1.23. The molecule has 0 aromatic heterocycles. The standard InChI is InChI=1S/C12H24S/c1-9(2)7-8-10(3)11(13)12(4,5)6/h9-10H,7-8H2,1-6H3/t10-/m1/s1. The molecule has 0 nitrogen and oxygen atoms in total. The van der Waals surface area contributed by atoms with Gasteiger partial charge < -0.3 is 0 Å². The third-order valence-corrected chi connectivity index (χ3v) is 3.38. The van der Waals surface area contributed by atoms with Crippen LogP contribution in [-0.4, -0.2) is 4.86 Å². The molecule has 0 aliphatic rings. The molecular formula is C12H24S. The zero-order valence-corrected chi connectivity index (χ0v) is 10.8. The minimum absolute atomic E-state index is 0.200. The second-order valence-electron chi connectivity index (χ2n) is 5.49. The Morgan fingerprint density at radius 1 is 1.08 bits per heavy atom. The molecule has 13 heavy (non-hydrogen) atoms. The fourth-order valence-corrected chi connectivity index (χ4v) is 1.57. The maximum absolute atomic E-state index is 5.47. The third-order valence-electron chi connectivity index (χ3n) is 2.36. The normalized spacial score (nSPS) is 14.7. The quantitative estimate of drug-likeness (QED) is 0.603. The summed E-state index contributed by atoms with van der Waals surface area (Å²) < 4.78 is 0. The lowest BCUT2D eigenvalue weighted by Crippen LogP contribution is -2.24. The molecule has 0 amide bonds. The van der Waals surface area contributed by atoms with Gasteiger partial charge >= 0.3 is 0 Å². The summed E-state index contributed by atoms with van der Waals surface area (Å²) >= 11 is 5.47. The molecule has 0 bridgehead atoms. The molecule has 0 saturated carbocycles. The summed E-state index contributed by atoms with van der Waals surface area (Å²) in [5.41, 5.74) is 0.200. The number of thiocarbonyl (C=S) groups is 1. The van der Waals surface area contributed by atoms with E-state index in [0.29, 0.717) is 5.92 Å². The molecule has 1 atom stereocenters. The molecule has 0 aliphatic carbocycles. The molecule has 78 valence electrons. The summed E-state index contributed by atoms with van der Waals surface area (Å²) in [5.74, 6) is 1.39. The summed E-state index contributed by atoms with van der Waals surface area (Å²) in [6.07, 6.45) is 2.53. The molecule has 0 heterocycles. The molecule has 0 fully saturated rings. The van der Waals surface area contributed by atoms with E-state index >= 15 is 0 Å². The van der Waals surface area contributed by atoms with Gasteiger partial charge in [-0.05, 0) is 23.7 Å². The highest BCUT2D eigenvalue weighted by Gasteiger charge is 2.21. The number of hydrogen-bond donors (Lipinski definition) is 0. The van der Waals surface area contributed by atoms with Crippen molar-refractivity contribution in [2.45, 2.75) is 54.4 Å². The Hall–Kier alpha value is 0.0900. The highest BCUT2D eigenvalue weighted by Crippen LogP contribution is 2.25. The van der Waals surface area contributed by atoms with Crippen molar-refractivity contribution in [3.63, 3.8) is 0 Å². The number of hydrogen-bond acceptors (Lipinski definition) is 1. The van der Waals surface area contributed by atoms with E-state index in [2.05, 4.69) is 41.5 Å². The van der Waals surface area contributed by atoms with Crippen LogP contribution in [0, 0.1) is 17.3 Å². The van der Waals surface area contributed by atoms with Gasteiger partial charge in [0, 0.05) is 4.86 Å². The first-order valence-corrected chi connectivity index (χ1v) is 5.70. The molecule has 0 rings (SSSR count). The molecule has 0 N–H and O–H groups in total. The monoisotopic (exact) mass is 200 g/mol. The van der Waals surface area contributed by atoms with Gasteiger partial charge in [0.15, 0.2) is 0 Å². The van der Waals surface area contributed by atoms with Gasteiger partial charge in [0.2, 0.25) is 0 Å². The molecule has 0 aliphatic heterocycles. The molecule has 0 aromatic rings. The van der Waals surface area contributed by atoms with Crippen LogP contribution in [0.15, 0.2) is 0 Å². The lowest BCUT2D eigenvalue weighted by atomic mass is 9.82. The highest BCUT2D eigenvalue weighted by molar-refractivity contribution is 7.80. The van der Waals surface area contributed by atoms with Crippen LogP contribution < -0.4 is 0 Å². The van der Waals surface area contributed by atoms with Crippen LogP contribution in [0.4, 0.5) is 0 Å². The van der Waals surface area contributed by atoms with E-state index in [1.165, 1.54) is 17.7 Å². The topological polar surface area (TPSA) is 0 Å². The van der Waals surface area contributed by atoms with Gasteiger partial charge in [0.05, 0.1) is 0 Å². The Balaban J connectivity index is 3.98. The Kier molecular flexibility index (Phi) is 5.13. The van der Waals surface area contributed by atoms with E-state index in [-0.39, 0.29) is 5.41 Å². The maximum atomic E-state index is 5.47. The molecule has 0 unspecified atom stereocenters. The van der Waals surface area contributed by atoms with E-state index < -0.39 is 0 Å². The lowest BCUT2D eigenvalue weighted by Gasteiger charge is -2.25. The summed E-state index contributed by atoms with van der Waals surface area (Å²) in [6.45, 7) is 13.4. The van der Waals surface area contributed by atoms with Gasteiger partial charge in [-0.2, -0.15) is 0 Å². The van der Waals surface area contributed by atoms with Gasteiger partial charge in [-0.3, -0.25) is 0 Å². The zero-order valence-electron chi connectivity index (χ0n) is 9.98. The second-order valence-corrected chi connectivity index (χ2v) is 5.93. The molecule has 0 aromatic carbocycles. The van der Waals surface area contributed by atoms with Crippen LogP contribution in [0.5, 0.6) is 0 Å². The highest BCUT2D eigenvalue weighted by atomic mass is 32.1. The fraction of sp³-hybridized carbons (Fsp3) is 0.917. The Morgan fingerprint density at radius 2 is 1.54 bits per heavy atom. The molecule has 0 radical (unpaired) electrons. The van der Waals surface area contributed by atoms with Crippen LogP contribution >= 0.6 is 12.2 Å². The van der Waals surface area contributed by atoms with Gasteiger partial charge in [-0.25, -0.2) is 0 Å². The lowest BCUT2D eigenvalue weighted by molar-refractivity contribution is 0.487. The first-order valence-electron chi connectivity index (χ1n) is 5.29. The van der Waals surface area contributed by atoms with Crippen molar-refractivity contribution in [3.05, 3.63) is 0 Å². The first kappa shape index (κ1) is 13.1. The predicted octanol–water partition coefficient (Wildman–Crippen LogP) is 4.47. The Morgan fingerprint density at radius 3 is 1.85 bits per heavy atom. The van der Waals surface area contributed by atoms with Crippen molar-refractivity contribution in [2.75, 3.05) is 0 Å². The first-order chi connectivity index (χ1) is 5.75. The van der Waals surface area contributed by atoms with E-state index in [1.54, 1.807) is 0 Å². The van der Waals surface area contributed by atoms with Crippen molar-refractivity contribution >= 4 is 17.1 Å². The smallest absolute Gasteiger partial charge is 0.00101 e. The molecule has 0 spiro atoms. The van der Waals surface area contributed by atoms with E-state index in [1.807, 2.05) is 0 Å². The molecule has 1 heteroatoms. The van der Waals surface area contributed by atoms with Crippen molar-refractivity contribution in [1.29, 1.82) is 0 Å². The van der Waals surface area contributed by atoms with Crippen LogP contribution in [0.2, 0.25) is 0 Å². The largest absolute Gasteiger partial charge is 0.0888 e. The fourth-order valence-electron chi connectivity index (χ4n) is 1.45. The third kappa shape index (κ3) is 5.41. The second kappa shape index (κ2) is 5.09. The average molecular weight is 200 g/mol. The van der Waals surface area contributed by atoms with Crippen molar-refractivity contribution in [3.8, 4) is 0 Å². The Bertz CT molecular complexity index is 162. The van der Waals surface area contributed by atoms with E-state index in [9.17, 15) is 0 Å². The van der Waals surface area contributed by atoms with Crippen LogP contribution in [0.1, 0.15) is 54.4 Å². The van der Waals surface area contributed by atoms with Gasteiger partial charge in [0.1, 0.15) is 0 Å². The van der Waals surface area contributed by atoms with Gasteiger partial charge in [-0.1, -0.05) is 60.2 Å². The van der Waals surface area contributed by atoms with Crippen molar-refractivity contribution < 1.29 is 0 Å². The van der Waals surface area contributed by atoms with Crippen molar-refractivity contribution in [2.24, 2.45) is 17.3 Å². The zero-order chi connectivity index (χ0) is 10.6. The van der Waals surface area contributed by atoms with Crippen LogP contribution in [-0.2, 0) is 0 Å². The summed E-state index contributed by atoms with van der Waals surface area (Å²) in [5, 5.41) is 0. The predicted molar refractivity (Wildman–Crippen MR) is 65.3 cm³/mol. The van der Waals surface area contributed by atoms with Gasteiger partial charge in [-0.15, -0.1) is 0 Å². The minimum atomic E-state index is 0.200. The SMILES string of the molecule is CC(C)CC[C@@H](C)C(=S)C(C)(C)C. The summed E-state index contributed by atoms with van der Waals surface area (Å²) in [7, 11) is 0. The van der Waals surface area contributed by atoms with Crippen molar-refractivity contribution in [1.82, 2.24) is 0 Å². The number of rotatable bonds is 4.